The van der Waals surface area contributed by atoms with E-state index in [-0.39, 0.29) is 11.9 Å². The molecule has 1 radical (unpaired) electrons. The number of nitrogens with zero attached hydrogens (tertiary/aromatic N) is 2. The van der Waals surface area contributed by atoms with E-state index < -0.39 is 0 Å². The summed E-state index contributed by atoms with van der Waals surface area (Å²) in [5.74, 6) is 0.102. The van der Waals surface area contributed by atoms with Crippen molar-refractivity contribution in [2.75, 3.05) is 0 Å². The standard InChI is InChI=1S/C6H9N2O/c1-5(2)8-6(9)3-4-7-8/h4-5,9H,1-2H3. The molecule has 9 heavy (non-hydrogen) atoms. The average Bonchev–Trinajstić information content (AvgIpc) is 2.13. The van der Waals surface area contributed by atoms with Crippen LogP contribution < -0.4 is 0 Å². The van der Waals surface area contributed by atoms with Crippen LogP contribution in [0.15, 0.2) is 6.20 Å². The molecule has 3 heteroatoms. The highest BCUT2D eigenvalue weighted by atomic mass is 16.3. The summed E-state index contributed by atoms with van der Waals surface area (Å²) in [7, 11) is 0. The van der Waals surface area contributed by atoms with Gasteiger partial charge in [-0.1, -0.05) is 0 Å². The van der Waals surface area contributed by atoms with Crippen molar-refractivity contribution in [3.63, 3.8) is 0 Å². The van der Waals surface area contributed by atoms with Crippen molar-refractivity contribution in [1.29, 1.82) is 0 Å². The third-order valence-corrected chi connectivity index (χ3v) is 1.08. The lowest BCUT2D eigenvalue weighted by atomic mass is 10.4. The molecule has 0 aliphatic heterocycles. The van der Waals surface area contributed by atoms with Gasteiger partial charge >= 0.3 is 0 Å². The topological polar surface area (TPSA) is 38.0 Å². The summed E-state index contributed by atoms with van der Waals surface area (Å²) in [5.41, 5.74) is 0. The summed E-state index contributed by atoms with van der Waals surface area (Å²) in [4.78, 5) is 0. The van der Waals surface area contributed by atoms with Gasteiger partial charge in [0.2, 0.25) is 5.88 Å². The first-order valence-electron chi connectivity index (χ1n) is 2.86. The maximum Gasteiger partial charge on any atom is 0.217 e. The van der Waals surface area contributed by atoms with Crippen LogP contribution in [0.1, 0.15) is 19.9 Å². The summed E-state index contributed by atoms with van der Waals surface area (Å²) < 4.78 is 1.50. The van der Waals surface area contributed by atoms with Crippen LogP contribution in [0.4, 0.5) is 0 Å². The monoisotopic (exact) mass is 125 g/mol. The van der Waals surface area contributed by atoms with Gasteiger partial charge in [0.15, 0.2) is 0 Å². The fourth-order valence-electron chi connectivity index (χ4n) is 0.648. The van der Waals surface area contributed by atoms with Crippen LogP contribution in [0.3, 0.4) is 0 Å². The fraction of sp³-hybridized carbons (Fsp3) is 0.500. The molecule has 49 valence electrons. The molecule has 1 aromatic heterocycles. The van der Waals surface area contributed by atoms with Gasteiger partial charge in [0.05, 0.1) is 18.3 Å². The second-order valence-corrected chi connectivity index (χ2v) is 2.15. The normalized spacial score (nSPS) is 10.6. The Hall–Kier alpha value is -0.990. The van der Waals surface area contributed by atoms with Crippen molar-refractivity contribution in [2.24, 2.45) is 0 Å². The van der Waals surface area contributed by atoms with E-state index in [1.807, 2.05) is 13.8 Å². The molecular formula is C6H9N2O. The molecule has 0 saturated carbocycles. The number of aromatic nitrogens is 2. The highest BCUT2D eigenvalue weighted by molar-refractivity contribution is 5.02. The zero-order chi connectivity index (χ0) is 6.85. The van der Waals surface area contributed by atoms with Gasteiger partial charge < -0.3 is 5.11 Å². The highest BCUT2D eigenvalue weighted by Gasteiger charge is 2.01. The van der Waals surface area contributed by atoms with Gasteiger partial charge in [0, 0.05) is 0 Å². The first-order valence-corrected chi connectivity index (χ1v) is 2.86. The van der Waals surface area contributed by atoms with Crippen molar-refractivity contribution in [3.8, 4) is 5.88 Å². The molecule has 1 rings (SSSR count). The maximum atomic E-state index is 8.97. The Morgan fingerprint density at radius 3 is 2.67 bits per heavy atom. The van der Waals surface area contributed by atoms with E-state index in [0.29, 0.717) is 0 Å². The summed E-state index contributed by atoms with van der Waals surface area (Å²) >= 11 is 0. The molecule has 0 aromatic carbocycles. The molecule has 0 spiro atoms. The van der Waals surface area contributed by atoms with Gasteiger partial charge in [0.1, 0.15) is 0 Å². The molecule has 1 aromatic rings. The van der Waals surface area contributed by atoms with Crippen LogP contribution in [-0.2, 0) is 0 Å². The summed E-state index contributed by atoms with van der Waals surface area (Å²) in [6, 6.07) is 2.76. The second kappa shape index (κ2) is 2.09. The lowest BCUT2D eigenvalue weighted by Gasteiger charge is -2.04. The van der Waals surface area contributed by atoms with E-state index in [0.717, 1.165) is 0 Å². The van der Waals surface area contributed by atoms with Gasteiger partial charge in [-0.2, -0.15) is 5.10 Å². The quantitative estimate of drug-likeness (QED) is 0.607. The molecule has 0 aliphatic carbocycles. The van der Waals surface area contributed by atoms with Crippen LogP contribution in [0.5, 0.6) is 5.88 Å². The second-order valence-electron chi connectivity index (χ2n) is 2.15. The van der Waals surface area contributed by atoms with Crippen molar-refractivity contribution in [1.82, 2.24) is 9.78 Å². The lowest BCUT2D eigenvalue weighted by molar-refractivity contribution is 0.377. The van der Waals surface area contributed by atoms with E-state index in [1.54, 1.807) is 0 Å². The Kier molecular flexibility index (Phi) is 1.42. The number of hydrogen-bond acceptors (Lipinski definition) is 2. The maximum absolute atomic E-state index is 8.97. The lowest BCUT2D eigenvalue weighted by Crippen LogP contribution is -2.00. The molecule has 1 N–H and O–H groups in total. The molecule has 0 bridgehead atoms. The summed E-state index contributed by atoms with van der Waals surface area (Å²) in [6.07, 6.45) is 1.45. The van der Waals surface area contributed by atoms with Crippen molar-refractivity contribution in [2.45, 2.75) is 19.9 Å². The predicted octanol–water partition coefficient (Wildman–Crippen LogP) is 0.970. The Balaban J connectivity index is 2.94. The zero-order valence-electron chi connectivity index (χ0n) is 5.50. The van der Waals surface area contributed by atoms with Gasteiger partial charge in [-0.25, -0.2) is 4.68 Å². The minimum absolute atomic E-state index is 0.102. The molecule has 0 saturated heterocycles. The molecule has 0 atom stereocenters. The van der Waals surface area contributed by atoms with Gasteiger partial charge in [-0.3, -0.25) is 0 Å². The van der Waals surface area contributed by atoms with Crippen LogP contribution >= 0.6 is 0 Å². The minimum atomic E-state index is 0.102. The number of rotatable bonds is 1. The third kappa shape index (κ3) is 1.04. The average molecular weight is 125 g/mol. The Labute approximate surface area is 53.9 Å². The van der Waals surface area contributed by atoms with Gasteiger partial charge in [-0.05, 0) is 13.8 Å². The third-order valence-electron chi connectivity index (χ3n) is 1.08. The molecule has 0 amide bonds. The van der Waals surface area contributed by atoms with E-state index in [4.69, 9.17) is 5.11 Å². The van der Waals surface area contributed by atoms with Crippen LogP contribution in [0, 0.1) is 6.07 Å². The van der Waals surface area contributed by atoms with E-state index in [9.17, 15) is 0 Å². The van der Waals surface area contributed by atoms with Crippen molar-refractivity contribution in [3.05, 3.63) is 12.3 Å². The van der Waals surface area contributed by atoms with Crippen LogP contribution in [-0.4, -0.2) is 14.9 Å². The molecule has 3 nitrogen and oxygen atoms in total. The Morgan fingerprint density at radius 1 is 1.78 bits per heavy atom. The van der Waals surface area contributed by atoms with Gasteiger partial charge in [0.25, 0.3) is 0 Å². The first-order chi connectivity index (χ1) is 4.22. The molecule has 0 aliphatic rings. The van der Waals surface area contributed by atoms with E-state index in [1.165, 1.54) is 10.9 Å². The van der Waals surface area contributed by atoms with E-state index >= 15 is 0 Å². The summed E-state index contributed by atoms with van der Waals surface area (Å²) in [5, 5.41) is 12.8. The predicted molar refractivity (Wildman–Crippen MR) is 33.1 cm³/mol. The Morgan fingerprint density at radius 2 is 2.44 bits per heavy atom. The first kappa shape index (κ1) is 6.13. The smallest absolute Gasteiger partial charge is 0.217 e. The molecule has 1 heterocycles. The highest BCUT2D eigenvalue weighted by Crippen LogP contribution is 2.11. The molecule has 0 fully saturated rings. The Bertz CT molecular complexity index is 193. The molecule has 0 unspecified atom stereocenters. The van der Waals surface area contributed by atoms with Gasteiger partial charge in [-0.15, -0.1) is 0 Å². The van der Waals surface area contributed by atoms with E-state index in [2.05, 4.69) is 11.2 Å². The minimum Gasteiger partial charge on any atom is -0.493 e. The fourth-order valence-corrected chi connectivity index (χ4v) is 0.648. The van der Waals surface area contributed by atoms with Crippen LogP contribution in [0.2, 0.25) is 0 Å². The molecular weight excluding hydrogens is 116 g/mol. The summed E-state index contributed by atoms with van der Waals surface area (Å²) in [6.45, 7) is 3.89. The largest absolute Gasteiger partial charge is 0.493 e. The van der Waals surface area contributed by atoms with Crippen molar-refractivity contribution >= 4 is 0 Å². The van der Waals surface area contributed by atoms with Crippen LogP contribution in [0.25, 0.3) is 0 Å². The zero-order valence-corrected chi connectivity index (χ0v) is 5.50. The van der Waals surface area contributed by atoms with Crippen molar-refractivity contribution < 1.29 is 5.11 Å². The number of hydrogen-bond donors (Lipinski definition) is 1. The number of aromatic hydroxyl groups is 1. The SMILES string of the molecule is CC(C)n1nc[c]c1O.